The van der Waals surface area contributed by atoms with E-state index in [1.165, 1.54) is 7.11 Å². The van der Waals surface area contributed by atoms with Crippen LogP contribution in [-0.2, 0) is 18.7 Å². The monoisotopic (exact) mass is 291 g/mol. The molecule has 6 nitrogen and oxygen atoms in total. The van der Waals surface area contributed by atoms with E-state index >= 15 is 0 Å². The van der Waals surface area contributed by atoms with E-state index in [1.807, 2.05) is 19.6 Å². The largest absolute Gasteiger partial charge is 0.467 e. The molecule has 0 bridgehead atoms. The third-order valence-corrected chi connectivity index (χ3v) is 2.89. The predicted octanol–water partition coefficient (Wildman–Crippen LogP) is 1.90. The van der Waals surface area contributed by atoms with Crippen molar-refractivity contribution in [1.29, 1.82) is 0 Å². The van der Waals surface area contributed by atoms with E-state index in [4.69, 9.17) is 9.16 Å². The Bertz CT molecular complexity index is 319. The highest BCUT2D eigenvalue weighted by Crippen LogP contribution is 2.08. The Morgan fingerprint density at radius 3 is 2.11 bits per heavy atom. The number of esters is 1. The molecule has 0 radical (unpaired) electrons. The highest BCUT2D eigenvalue weighted by molar-refractivity contribution is 6.69. The fourth-order valence-corrected chi connectivity index (χ4v) is 1.76. The van der Waals surface area contributed by atoms with Gasteiger partial charge in [0.2, 0.25) is 0 Å². The first-order valence-corrected chi connectivity index (χ1v) is 9.57. The lowest BCUT2D eigenvalue weighted by atomic mass is 10.2. The molecular weight excluding hydrogens is 266 g/mol. The molecule has 0 fully saturated rings. The summed E-state index contributed by atoms with van der Waals surface area (Å²) in [6.07, 6.45) is -0.665. The molecule has 0 aliphatic rings. The zero-order valence-corrected chi connectivity index (χ0v) is 13.8. The van der Waals surface area contributed by atoms with Gasteiger partial charge in [0.15, 0.2) is 14.4 Å². The normalized spacial score (nSPS) is 13.6. The smallest absolute Gasteiger partial charge is 0.408 e. The Hall–Kier alpha value is -1.08. The maximum Gasteiger partial charge on any atom is 0.408 e. The molecule has 0 saturated heterocycles. The number of methoxy groups -OCH3 is 1. The number of rotatable bonds is 5. The molecule has 0 aliphatic heterocycles. The number of amides is 1. The van der Waals surface area contributed by atoms with Crippen molar-refractivity contribution < 1.29 is 23.5 Å². The number of ether oxygens (including phenoxy) is 2. The van der Waals surface area contributed by atoms with Gasteiger partial charge in [0.1, 0.15) is 5.60 Å². The molecule has 0 aromatic rings. The standard InChI is InChI=1S/C12H25NO5Si/c1-12(2,3)18-11(15)13-9(10(14)16-4)8-17-19(5,6)7/h9H,8H2,1-7H3,(H,13,15)/t9-/m0/s1. The first-order chi connectivity index (χ1) is 8.44. The van der Waals surface area contributed by atoms with Crippen molar-refractivity contribution >= 4 is 20.4 Å². The number of hydrogen-bond donors (Lipinski definition) is 1. The fourth-order valence-electron chi connectivity index (χ4n) is 1.09. The van der Waals surface area contributed by atoms with Gasteiger partial charge >= 0.3 is 12.1 Å². The molecule has 0 aromatic carbocycles. The van der Waals surface area contributed by atoms with Gasteiger partial charge in [-0.1, -0.05) is 0 Å². The van der Waals surface area contributed by atoms with E-state index in [-0.39, 0.29) is 6.61 Å². The van der Waals surface area contributed by atoms with E-state index in [9.17, 15) is 9.59 Å². The van der Waals surface area contributed by atoms with Crippen LogP contribution in [0.2, 0.25) is 19.6 Å². The zero-order chi connectivity index (χ0) is 15.3. The topological polar surface area (TPSA) is 73.9 Å². The summed E-state index contributed by atoms with van der Waals surface area (Å²) in [6, 6.07) is -0.855. The number of carbonyl (C=O) groups is 2. The number of carbonyl (C=O) groups excluding carboxylic acids is 2. The van der Waals surface area contributed by atoms with Gasteiger partial charge in [0.25, 0.3) is 0 Å². The molecule has 0 aromatic heterocycles. The molecule has 1 atom stereocenters. The lowest BCUT2D eigenvalue weighted by Gasteiger charge is -2.24. The van der Waals surface area contributed by atoms with E-state index in [1.54, 1.807) is 20.8 Å². The highest BCUT2D eigenvalue weighted by Gasteiger charge is 2.27. The van der Waals surface area contributed by atoms with Crippen LogP contribution in [0.5, 0.6) is 0 Å². The number of hydrogen-bond acceptors (Lipinski definition) is 5. The van der Waals surface area contributed by atoms with Gasteiger partial charge in [-0.2, -0.15) is 0 Å². The van der Waals surface area contributed by atoms with Crippen LogP contribution < -0.4 is 5.32 Å². The van der Waals surface area contributed by atoms with Crippen LogP contribution in [0.3, 0.4) is 0 Å². The summed E-state index contributed by atoms with van der Waals surface area (Å²) in [5, 5.41) is 2.46. The molecule has 112 valence electrons. The van der Waals surface area contributed by atoms with E-state index < -0.39 is 32.0 Å². The van der Waals surface area contributed by atoms with Crippen LogP contribution in [0.1, 0.15) is 20.8 Å². The second kappa shape index (κ2) is 6.90. The first-order valence-electron chi connectivity index (χ1n) is 6.16. The maximum absolute atomic E-state index is 11.6. The van der Waals surface area contributed by atoms with E-state index in [0.717, 1.165) is 0 Å². The summed E-state index contributed by atoms with van der Waals surface area (Å²) in [4.78, 5) is 23.2. The highest BCUT2D eigenvalue weighted by atomic mass is 28.4. The van der Waals surface area contributed by atoms with Crippen LogP contribution in [0.4, 0.5) is 4.79 Å². The van der Waals surface area contributed by atoms with Crippen LogP contribution in [0.25, 0.3) is 0 Å². The number of nitrogens with one attached hydrogen (secondary N) is 1. The summed E-state index contributed by atoms with van der Waals surface area (Å²) < 4.78 is 15.3. The van der Waals surface area contributed by atoms with Gasteiger partial charge in [-0.25, -0.2) is 9.59 Å². The van der Waals surface area contributed by atoms with Crippen molar-refractivity contribution in [2.24, 2.45) is 0 Å². The second-order valence-corrected chi connectivity index (χ2v) is 10.7. The van der Waals surface area contributed by atoms with Gasteiger partial charge in [-0.15, -0.1) is 0 Å². The van der Waals surface area contributed by atoms with Crippen molar-refractivity contribution in [2.75, 3.05) is 13.7 Å². The molecule has 19 heavy (non-hydrogen) atoms. The molecule has 0 spiro atoms. The van der Waals surface area contributed by atoms with Crippen LogP contribution in [0, 0.1) is 0 Å². The average molecular weight is 291 g/mol. The van der Waals surface area contributed by atoms with Gasteiger partial charge in [0.05, 0.1) is 13.7 Å². The summed E-state index contributed by atoms with van der Waals surface area (Å²) in [6.45, 7) is 11.3. The molecule has 7 heteroatoms. The lowest BCUT2D eigenvalue weighted by molar-refractivity contribution is -0.144. The second-order valence-electron chi connectivity index (χ2n) is 6.15. The van der Waals surface area contributed by atoms with Crippen molar-refractivity contribution in [2.45, 2.75) is 52.1 Å². The first kappa shape index (κ1) is 17.9. The third kappa shape index (κ3) is 9.49. The Balaban J connectivity index is 4.52. The molecule has 0 saturated carbocycles. The predicted molar refractivity (Wildman–Crippen MR) is 74.5 cm³/mol. The molecule has 0 aliphatic carbocycles. The van der Waals surface area contributed by atoms with Crippen LogP contribution in [0.15, 0.2) is 0 Å². The lowest BCUT2D eigenvalue weighted by Crippen LogP contribution is -2.48. The summed E-state index contributed by atoms with van der Waals surface area (Å²) in [7, 11) is -0.512. The summed E-state index contributed by atoms with van der Waals surface area (Å²) >= 11 is 0. The van der Waals surface area contributed by atoms with Crippen molar-refractivity contribution in [3.05, 3.63) is 0 Å². The minimum absolute atomic E-state index is 0.0850. The fraction of sp³-hybridized carbons (Fsp3) is 0.833. The van der Waals surface area contributed by atoms with Crippen molar-refractivity contribution in [3.8, 4) is 0 Å². The van der Waals surface area contributed by atoms with Crippen molar-refractivity contribution in [3.63, 3.8) is 0 Å². The molecular formula is C12H25NO5Si. The molecule has 0 rings (SSSR count). The van der Waals surface area contributed by atoms with Gasteiger partial charge in [-0.3, -0.25) is 0 Å². The zero-order valence-electron chi connectivity index (χ0n) is 12.8. The molecule has 0 heterocycles. The Morgan fingerprint density at radius 1 is 1.21 bits per heavy atom. The van der Waals surface area contributed by atoms with Crippen LogP contribution >= 0.6 is 0 Å². The van der Waals surface area contributed by atoms with Gasteiger partial charge in [-0.05, 0) is 40.4 Å². The van der Waals surface area contributed by atoms with Crippen LogP contribution in [-0.4, -0.2) is 45.7 Å². The van der Waals surface area contributed by atoms with Crippen molar-refractivity contribution in [1.82, 2.24) is 5.32 Å². The molecule has 0 unspecified atom stereocenters. The third-order valence-electron chi connectivity index (χ3n) is 1.86. The summed E-state index contributed by atoms with van der Waals surface area (Å²) in [5.74, 6) is -0.552. The van der Waals surface area contributed by atoms with Gasteiger partial charge < -0.3 is 19.2 Å². The Morgan fingerprint density at radius 2 is 1.74 bits per heavy atom. The Kier molecular flexibility index (Phi) is 6.51. The number of alkyl carbamates (subject to hydrolysis) is 1. The SMILES string of the molecule is COC(=O)[C@H](CO[Si](C)(C)C)NC(=O)OC(C)(C)C. The summed E-state index contributed by atoms with van der Waals surface area (Å²) in [5.41, 5.74) is -0.621. The Labute approximate surface area is 115 Å². The quantitative estimate of drug-likeness (QED) is 0.618. The average Bonchev–Trinajstić information content (AvgIpc) is 2.19. The molecule has 1 amide bonds. The van der Waals surface area contributed by atoms with E-state index in [0.29, 0.717) is 0 Å². The minimum atomic E-state index is -1.78. The van der Waals surface area contributed by atoms with Gasteiger partial charge in [0, 0.05) is 0 Å². The maximum atomic E-state index is 11.6. The molecule has 1 N–H and O–H groups in total. The van der Waals surface area contributed by atoms with E-state index in [2.05, 4.69) is 10.1 Å². The minimum Gasteiger partial charge on any atom is -0.467 e.